The Balaban J connectivity index is 2.38. The van der Waals surface area contributed by atoms with E-state index in [4.69, 9.17) is 0 Å². The lowest BCUT2D eigenvalue weighted by Crippen LogP contribution is -2.32. The van der Waals surface area contributed by atoms with E-state index in [0.29, 0.717) is 17.1 Å². The van der Waals surface area contributed by atoms with E-state index in [-0.39, 0.29) is 0 Å². The second-order valence-corrected chi connectivity index (χ2v) is 7.73. The Bertz CT molecular complexity index is 242. The van der Waals surface area contributed by atoms with E-state index in [1.54, 1.807) is 0 Å². The fourth-order valence-electron chi connectivity index (χ4n) is 2.75. The molecule has 0 amide bonds. The Morgan fingerprint density at radius 2 is 2.06 bits per heavy atom. The van der Waals surface area contributed by atoms with Crippen molar-refractivity contribution >= 4 is 17.5 Å². The molecule has 1 rings (SSSR count). The number of carbonyl (C=O) groups excluding carboxylic acids is 1. The minimum Gasteiger partial charge on any atom is -0.299 e. The summed E-state index contributed by atoms with van der Waals surface area (Å²) in [6.07, 6.45) is 5.42. The molecule has 0 aromatic heterocycles. The first-order valence-corrected chi connectivity index (χ1v) is 8.21. The number of rotatable bonds is 5. The van der Waals surface area contributed by atoms with E-state index in [9.17, 15) is 4.79 Å². The molecular formula is C15H28OS. The van der Waals surface area contributed by atoms with Gasteiger partial charge in [0.05, 0.1) is 0 Å². The van der Waals surface area contributed by atoms with Gasteiger partial charge in [0.15, 0.2) is 0 Å². The van der Waals surface area contributed by atoms with Crippen LogP contribution in [0.4, 0.5) is 0 Å². The van der Waals surface area contributed by atoms with Crippen molar-refractivity contribution in [3.63, 3.8) is 0 Å². The summed E-state index contributed by atoms with van der Waals surface area (Å²) in [5.74, 6) is 4.06. The molecule has 0 aromatic rings. The van der Waals surface area contributed by atoms with Crippen LogP contribution < -0.4 is 0 Å². The molecule has 0 N–H and O–H groups in total. The van der Waals surface area contributed by atoms with Gasteiger partial charge in [-0.05, 0) is 48.5 Å². The number of ketones is 1. The molecule has 0 aromatic carbocycles. The summed E-state index contributed by atoms with van der Waals surface area (Å²) in [6, 6.07) is 0. The summed E-state index contributed by atoms with van der Waals surface area (Å²) < 4.78 is 0. The van der Waals surface area contributed by atoms with E-state index in [1.807, 2.05) is 11.8 Å². The van der Waals surface area contributed by atoms with Crippen molar-refractivity contribution in [3.05, 3.63) is 0 Å². The predicted octanol–water partition coefficient (Wildman–Crippen LogP) is 4.55. The van der Waals surface area contributed by atoms with Crippen molar-refractivity contribution < 1.29 is 4.79 Å². The summed E-state index contributed by atoms with van der Waals surface area (Å²) in [5.41, 5.74) is 0.372. The molecule has 2 unspecified atom stereocenters. The van der Waals surface area contributed by atoms with Gasteiger partial charge in [-0.2, -0.15) is 11.8 Å². The summed E-state index contributed by atoms with van der Waals surface area (Å²) in [6.45, 7) is 9.15. The van der Waals surface area contributed by atoms with Gasteiger partial charge in [-0.3, -0.25) is 4.79 Å². The number of hydrogen-bond donors (Lipinski definition) is 0. The Kier molecular flexibility index (Phi) is 6.05. The highest BCUT2D eigenvalue weighted by atomic mass is 32.2. The van der Waals surface area contributed by atoms with Crippen LogP contribution in [0.2, 0.25) is 0 Å². The van der Waals surface area contributed by atoms with E-state index in [1.165, 1.54) is 17.9 Å². The fourth-order valence-corrected chi connectivity index (χ4v) is 3.41. The van der Waals surface area contributed by atoms with Gasteiger partial charge in [0.2, 0.25) is 0 Å². The average Bonchev–Trinajstić information content (AvgIpc) is 2.25. The summed E-state index contributed by atoms with van der Waals surface area (Å²) in [7, 11) is 0. The fraction of sp³-hybridized carbons (Fsp3) is 0.933. The van der Waals surface area contributed by atoms with Gasteiger partial charge in [-0.15, -0.1) is 0 Å². The van der Waals surface area contributed by atoms with Crippen LogP contribution in [0.1, 0.15) is 59.8 Å². The van der Waals surface area contributed by atoms with Crippen molar-refractivity contribution in [2.24, 2.45) is 17.3 Å². The summed E-state index contributed by atoms with van der Waals surface area (Å²) in [4.78, 5) is 11.9. The van der Waals surface area contributed by atoms with Crippen molar-refractivity contribution in [2.45, 2.75) is 59.8 Å². The van der Waals surface area contributed by atoms with Crippen LogP contribution in [0.25, 0.3) is 0 Å². The van der Waals surface area contributed by atoms with Crippen LogP contribution >= 0.6 is 11.8 Å². The van der Waals surface area contributed by atoms with Crippen molar-refractivity contribution in [2.75, 3.05) is 11.5 Å². The van der Waals surface area contributed by atoms with Gasteiger partial charge < -0.3 is 0 Å². The highest BCUT2D eigenvalue weighted by Gasteiger charge is 2.34. The minimum atomic E-state index is 0.366. The quantitative estimate of drug-likeness (QED) is 0.671. The molecule has 0 spiro atoms. The second kappa shape index (κ2) is 6.82. The van der Waals surface area contributed by atoms with E-state index >= 15 is 0 Å². The lowest BCUT2D eigenvalue weighted by molar-refractivity contribution is -0.126. The van der Waals surface area contributed by atoms with Crippen molar-refractivity contribution in [3.8, 4) is 0 Å². The maximum absolute atomic E-state index is 11.9. The first-order chi connectivity index (χ1) is 7.95. The monoisotopic (exact) mass is 256 g/mol. The number of thioether (sulfide) groups is 1. The molecule has 100 valence electrons. The largest absolute Gasteiger partial charge is 0.299 e. The Hall–Kier alpha value is 0.0200. The van der Waals surface area contributed by atoms with Gasteiger partial charge in [-0.25, -0.2) is 0 Å². The molecule has 0 radical (unpaired) electrons. The maximum atomic E-state index is 11.9. The van der Waals surface area contributed by atoms with Crippen LogP contribution in [0.15, 0.2) is 0 Å². The van der Waals surface area contributed by atoms with E-state index < -0.39 is 0 Å². The van der Waals surface area contributed by atoms with Crippen molar-refractivity contribution in [1.29, 1.82) is 0 Å². The molecule has 1 aliphatic carbocycles. The van der Waals surface area contributed by atoms with Gasteiger partial charge in [-0.1, -0.05) is 27.7 Å². The zero-order chi connectivity index (χ0) is 12.9. The summed E-state index contributed by atoms with van der Waals surface area (Å²) in [5, 5.41) is 0. The molecule has 1 nitrogen and oxygen atoms in total. The number of Topliss-reactive ketones (excluding diaryl/α,β-unsaturated/α-hetero) is 1. The normalized spacial score (nSPS) is 26.2. The zero-order valence-electron chi connectivity index (χ0n) is 11.9. The number of hydrogen-bond acceptors (Lipinski definition) is 2. The predicted molar refractivity (Wildman–Crippen MR) is 77.5 cm³/mol. The van der Waals surface area contributed by atoms with Gasteiger partial charge in [0.25, 0.3) is 0 Å². The molecule has 17 heavy (non-hydrogen) atoms. The lowest BCUT2D eigenvalue weighted by atomic mass is 9.68. The lowest BCUT2D eigenvalue weighted by Gasteiger charge is -2.37. The average molecular weight is 256 g/mol. The highest BCUT2D eigenvalue weighted by molar-refractivity contribution is 7.99. The first-order valence-electron chi connectivity index (χ1n) is 7.05. The topological polar surface area (TPSA) is 17.1 Å². The molecule has 0 bridgehead atoms. The molecule has 2 atom stereocenters. The minimum absolute atomic E-state index is 0.366. The van der Waals surface area contributed by atoms with Gasteiger partial charge >= 0.3 is 0 Å². The standard InChI is InChI=1S/C15H28OS/c1-5-17-10-6-7-12-11-13(15(2,3)4)8-9-14(12)16/h12-13H,5-11H2,1-4H3. The molecule has 1 saturated carbocycles. The molecule has 1 fully saturated rings. The van der Waals surface area contributed by atoms with Crippen LogP contribution in [0, 0.1) is 17.3 Å². The third-order valence-corrected chi connectivity index (χ3v) is 5.02. The van der Waals surface area contributed by atoms with Crippen LogP contribution in [0.5, 0.6) is 0 Å². The van der Waals surface area contributed by atoms with E-state index in [2.05, 4.69) is 27.7 Å². The first kappa shape index (κ1) is 15.1. The maximum Gasteiger partial charge on any atom is 0.135 e. The molecular weight excluding hydrogens is 228 g/mol. The van der Waals surface area contributed by atoms with E-state index in [0.717, 1.165) is 31.6 Å². The van der Waals surface area contributed by atoms with Gasteiger partial charge in [0, 0.05) is 12.3 Å². The highest BCUT2D eigenvalue weighted by Crippen LogP contribution is 2.40. The molecule has 0 aliphatic heterocycles. The molecule has 0 saturated heterocycles. The zero-order valence-corrected chi connectivity index (χ0v) is 12.7. The van der Waals surface area contributed by atoms with Crippen LogP contribution in [0.3, 0.4) is 0 Å². The molecule has 0 heterocycles. The van der Waals surface area contributed by atoms with Crippen molar-refractivity contribution in [1.82, 2.24) is 0 Å². The smallest absolute Gasteiger partial charge is 0.135 e. The third-order valence-electron chi connectivity index (χ3n) is 4.03. The van der Waals surface area contributed by atoms with Crippen LogP contribution in [-0.2, 0) is 4.79 Å². The molecule has 1 aliphatic rings. The summed E-state index contributed by atoms with van der Waals surface area (Å²) >= 11 is 1.99. The second-order valence-electron chi connectivity index (χ2n) is 6.34. The Morgan fingerprint density at radius 1 is 1.35 bits per heavy atom. The van der Waals surface area contributed by atoms with Crippen LogP contribution in [-0.4, -0.2) is 17.3 Å². The van der Waals surface area contributed by atoms with Gasteiger partial charge in [0.1, 0.15) is 5.78 Å². The third kappa shape index (κ3) is 5.03. The Labute approximate surface area is 111 Å². The Morgan fingerprint density at radius 3 is 2.65 bits per heavy atom. The molecule has 2 heteroatoms. The SMILES string of the molecule is CCSCCCC1CC(C(C)(C)C)CCC1=O. The number of carbonyl (C=O) groups is 1.